The maximum Gasteiger partial charge on any atom is 0.230 e. The molecule has 1 aromatic heterocycles. The Balaban J connectivity index is 1.73. The minimum absolute atomic E-state index is 0.0660. The molecule has 1 N–H and O–H groups in total. The number of thiophene rings is 1. The first-order valence-electron chi connectivity index (χ1n) is 5.41. The number of halogens is 1. The standard InChI is InChI=1S/C13H12BrNOS2/c14-10-3-5-11(6-4-10)18-9-13(16)15-8-12-2-1-7-17-12/h1-7H,8-9H2,(H,15,16). The Kier molecular flexibility index (Phi) is 5.28. The molecule has 0 aliphatic rings. The molecule has 0 radical (unpaired) electrons. The average Bonchev–Trinajstić information content (AvgIpc) is 2.89. The van der Waals surface area contributed by atoms with Crippen molar-refractivity contribution in [3.63, 3.8) is 0 Å². The zero-order valence-electron chi connectivity index (χ0n) is 9.56. The molecule has 2 rings (SSSR count). The van der Waals surface area contributed by atoms with Gasteiger partial charge in [-0.05, 0) is 35.7 Å². The van der Waals surface area contributed by atoms with E-state index in [9.17, 15) is 4.79 Å². The molecule has 94 valence electrons. The molecule has 0 saturated carbocycles. The van der Waals surface area contributed by atoms with Crippen molar-refractivity contribution in [3.8, 4) is 0 Å². The predicted octanol–water partition coefficient (Wildman–Crippen LogP) is 3.92. The van der Waals surface area contributed by atoms with Crippen molar-refractivity contribution in [3.05, 3.63) is 51.1 Å². The smallest absolute Gasteiger partial charge is 0.230 e. The van der Waals surface area contributed by atoms with Crippen LogP contribution in [-0.4, -0.2) is 11.7 Å². The maximum absolute atomic E-state index is 11.6. The van der Waals surface area contributed by atoms with Gasteiger partial charge < -0.3 is 5.32 Å². The summed E-state index contributed by atoms with van der Waals surface area (Å²) in [4.78, 5) is 13.9. The summed E-state index contributed by atoms with van der Waals surface area (Å²) in [5, 5.41) is 4.92. The van der Waals surface area contributed by atoms with Gasteiger partial charge in [-0.15, -0.1) is 23.1 Å². The van der Waals surface area contributed by atoms with Gasteiger partial charge in [-0.3, -0.25) is 4.79 Å². The summed E-state index contributed by atoms with van der Waals surface area (Å²) >= 11 is 6.58. The molecular formula is C13H12BrNOS2. The molecular weight excluding hydrogens is 330 g/mol. The van der Waals surface area contributed by atoms with Gasteiger partial charge in [0.25, 0.3) is 0 Å². The van der Waals surface area contributed by atoms with Crippen LogP contribution in [0.15, 0.2) is 51.1 Å². The molecule has 0 atom stereocenters. The number of carbonyl (C=O) groups excluding carboxylic acids is 1. The Hall–Kier alpha value is -0.780. The van der Waals surface area contributed by atoms with Crippen molar-refractivity contribution in [2.75, 3.05) is 5.75 Å². The lowest BCUT2D eigenvalue weighted by Crippen LogP contribution is -2.24. The van der Waals surface area contributed by atoms with E-state index < -0.39 is 0 Å². The van der Waals surface area contributed by atoms with Crippen LogP contribution in [0.3, 0.4) is 0 Å². The van der Waals surface area contributed by atoms with Gasteiger partial charge in [0, 0.05) is 14.2 Å². The van der Waals surface area contributed by atoms with Gasteiger partial charge in [0.15, 0.2) is 0 Å². The number of hydrogen-bond acceptors (Lipinski definition) is 3. The van der Waals surface area contributed by atoms with Crippen molar-refractivity contribution in [1.82, 2.24) is 5.32 Å². The van der Waals surface area contributed by atoms with E-state index in [-0.39, 0.29) is 5.91 Å². The highest BCUT2D eigenvalue weighted by Gasteiger charge is 2.03. The van der Waals surface area contributed by atoms with Gasteiger partial charge >= 0.3 is 0 Å². The predicted molar refractivity (Wildman–Crippen MR) is 81.0 cm³/mol. The Morgan fingerprint density at radius 2 is 2.06 bits per heavy atom. The van der Waals surface area contributed by atoms with Crippen LogP contribution in [0.5, 0.6) is 0 Å². The van der Waals surface area contributed by atoms with Crippen LogP contribution in [0, 0.1) is 0 Å². The van der Waals surface area contributed by atoms with E-state index in [1.165, 1.54) is 4.88 Å². The zero-order valence-corrected chi connectivity index (χ0v) is 12.8. The van der Waals surface area contributed by atoms with Crippen molar-refractivity contribution >= 4 is 44.9 Å². The Morgan fingerprint density at radius 1 is 1.28 bits per heavy atom. The molecule has 1 aromatic carbocycles. The second kappa shape index (κ2) is 6.97. The molecule has 2 nitrogen and oxygen atoms in total. The van der Waals surface area contributed by atoms with Crippen LogP contribution in [-0.2, 0) is 11.3 Å². The van der Waals surface area contributed by atoms with Crippen molar-refractivity contribution < 1.29 is 4.79 Å². The molecule has 0 fully saturated rings. The van der Waals surface area contributed by atoms with Gasteiger partial charge in [0.1, 0.15) is 0 Å². The summed E-state index contributed by atoms with van der Waals surface area (Å²) in [6.45, 7) is 0.622. The summed E-state index contributed by atoms with van der Waals surface area (Å²) in [6, 6.07) is 12.0. The highest BCUT2D eigenvalue weighted by Crippen LogP contribution is 2.20. The fourth-order valence-electron chi connectivity index (χ4n) is 1.33. The van der Waals surface area contributed by atoms with Crippen molar-refractivity contribution in [2.24, 2.45) is 0 Å². The summed E-state index contributed by atoms with van der Waals surface area (Å²) in [5.74, 6) is 0.517. The molecule has 2 aromatic rings. The highest BCUT2D eigenvalue weighted by molar-refractivity contribution is 9.10. The summed E-state index contributed by atoms with van der Waals surface area (Å²) < 4.78 is 1.05. The number of hydrogen-bond donors (Lipinski definition) is 1. The Morgan fingerprint density at radius 3 is 2.72 bits per heavy atom. The van der Waals surface area contributed by atoms with E-state index in [1.807, 2.05) is 41.8 Å². The SMILES string of the molecule is O=C(CSc1ccc(Br)cc1)NCc1cccs1. The molecule has 0 aliphatic carbocycles. The summed E-state index contributed by atoms with van der Waals surface area (Å²) in [5.41, 5.74) is 0. The van der Waals surface area contributed by atoms with Gasteiger partial charge in [0.05, 0.1) is 12.3 Å². The zero-order chi connectivity index (χ0) is 12.8. The Labute approximate surface area is 123 Å². The lowest BCUT2D eigenvalue weighted by atomic mass is 10.4. The molecule has 0 unspecified atom stereocenters. The van der Waals surface area contributed by atoms with Gasteiger partial charge in [-0.25, -0.2) is 0 Å². The van der Waals surface area contributed by atoms with Crippen LogP contribution in [0.2, 0.25) is 0 Å². The van der Waals surface area contributed by atoms with Crippen LogP contribution in [0.25, 0.3) is 0 Å². The second-order valence-corrected chi connectivity index (χ2v) is 6.60. The van der Waals surface area contributed by atoms with E-state index in [0.29, 0.717) is 12.3 Å². The first-order valence-corrected chi connectivity index (χ1v) is 8.07. The molecule has 0 saturated heterocycles. The third kappa shape index (κ3) is 4.48. The van der Waals surface area contributed by atoms with Crippen LogP contribution >= 0.6 is 39.0 Å². The fraction of sp³-hybridized carbons (Fsp3) is 0.154. The molecule has 0 aliphatic heterocycles. The second-order valence-electron chi connectivity index (χ2n) is 3.60. The van der Waals surface area contributed by atoms with Crippen LogP contribution in [0.1, 0.15) is 4.88 Å². The molecule has 18 heavy (non-hydrogen) atoms. The quantitative estimate of drug-likeness (QED) is 0.835. The van der Waals surface area contributed by atoms with E-state index >= 15 is 0 Å². The molecule has 1 amide bonds. The number of rotatable bonds is 5. The average molecular weight is 342 g/mol. The molecule has 1 heterocycles. The monoisotopic (exact) mass is 341 g/mol. The number of nitrogens with one attached hydrogen (secondary N) is 1. The Bertz CT molecular complexity index is 496. The van der Waals surface area contributed by atoms with E-state index in [0.717, 1.165) is 9.37 Å². The van der Waals surface area contributed by atoms with Crippen molar-refractivity contribution in [2.45, 2.75) is 11.4 Å². The third-order valence-corrected chi connectivity index (χ3v) is 4.64. The first kappa shape index (κ1) is 13.6. The largest absolute Gasteiger partial charge is 0.350 e. The van der Waals surface area contributed by atoms with E-state index in [1.54, 1.807) is 23.1 Å². The topological polar surface area (TPSA) is 29.1 Å². The van der Waals surface area contributed by atoms with Gasteiger partial charge in [0.2, 0.25) is 5.91 Å². The van der Waals surface area contributed by atoms with Gasteiger partial charge in [-0.2, -0.15) is 0 Å². The van der Waals surface area contributed by atoms with Gasteiger partial charge in [-0.1, -0.05) is 22.0 Å². The minimum atomic E-state index is 0.0660. The fourth-order valence-corrected chi connectivity index (χ4v) is 2.97. The van der Waals surface area contributed by atoms with E-state index in [4.69, 9.17) is 0 Å². The highest BCUT2D eigenvalue weighted by atomic mass is 79.9. The number of carbonyl (C=O) groups is 1. The minimum Gasteiger partial charge on any atom is -0.350 e. The lowest BCUT2D eigenvalue weighted by Gasteiger charge is -2.04. The number of amides is 1. The lowest BCUT2D eigenvalue weighted by molar-refractivity contribution is -0.118. The van der Waals surface area contributed by atoms with Crippen LogP contribution in [0.4, 0.5) is 0 Å². The molecule has 5 heteroatoms. The maximum atomic E-state index is 11.6. The summed E-state index contributed by atoms with van der Waals surface area (Å²) in [7, 11) is 0. The first-order chi connectivity index (χ1) is 8.74. The number of thioether (sulfide) groups is 1. The molecule has 0 bridgehead atoms. The molecule has 0 spiro atoms. The van der Waals surface area contributed by atoms with Crippen LogP contribution < -0.4 is 5.32 Å². The van der Waals surface area contributed by atoms with Crippen molar-refractivity contribution in [1.29, 1.82) is 0 Å². The number of benzene rings is 1. The normalized spacial score (nSPS) is 10.3. The third-order valence-electron chi connectivity index (χ3n) is 2.22. The van der Waals surface area contributed by atoms with E-state index in [2.05, 4.69) is 21.2 Å². The summed E-state index contributed by atoms with van der Waals surface area (Å²) in [6.07, 6.45) is 0.